The summed E-state index contributed by atoms with van der Waals surface area (Å²) in [4.78, 5) is 4.24. The van der Waals surface area contributed by atoms with Gasteiger partial charge < -0.3 is 9.73 Å². The zero-order valence-corrected chi connectivity index (χ0v) is 8.85. The van der Waals surface area contributed by atoms with Crippen LogP contribution in [0.25, 0.3) is 11.1 Å². The molecule has 14 heavy (non-hydrogen) atoms. The Morgan fingerprint density at radius 3 is 3.00 bits per heavy atom. The number of benzene rings is 1. The molecule has 0 aliphatic heterocycles. The highest BCUT2D eigenvalue weighted by Gasteiger charge is 2.08. The summed E-state index contributed by atoms with van der Waals surface area (Å²) < 4.78 is 5.50. The van der Waals surface area contributed by atoms with Crippen LogP contribution in [0.3, 0.4) is 0 Å². The van der Waals surface area contributed by atoms with Gasteiger partial charge in [-0.2, -0.15) is 0 Å². The Morgan fingerprint density at radius 1 is 1.50 bits per heavy atom. The van der Waals surface area contributed by atoms with Gasteiger partial charge in [0.1, 0.15) is 5.52 Å². The molecule has 0 saturated heterocycles. The standard InChI is InChI=1S/C10H11ClN2O/c1-6-13-9-4-8(11)3-7(5-12-2)10(9)14-6/h3-4,12H,5H2,1-2H3. The molecule has 0 spiro atoms. The lowest BCUT2D eigenvalue weighted by molar-refractivity contribution is 0.556. The number of rotatable bonds is 2. The topological polar surface area (TPSA) is 38.1 Å². The Hall–Kier alpha value is -1.06. The normalized spacial score (nSPS) is 11.1. The summed E-state index contributed by atoms with van der Waals surface area (Å²) in [6.07, 6.45) is 0. The van der Waals surface area contributed by atoms with Crippen molar-refractivity contribution in [2.24, 2.45) is 0 Å². The molecule has 2 rings (SSSR count). The van der Waals surface area contributed by atoms with Gasteiger partial charge in [-0.3, -0.25) is 0 Å². The van der Waals surface area contributed by atoms with E-state index < -0.39 is 0 Å². The number of hydrogen-bond acceptors (Lipinski definition) is 3. The number of halogens is 1. The lowest BCUT2D eigenvalue weighted by Gasteiger charge is -2.00. The molecule has 1 heterocycles. The van der Waals surface area contributed by atoms with Crippen molar-refractivity contribution in [2.75, 3.05) is 7.05 Å². The maximum absolute atomic E-state index is 5.96. The molecule has 0 aliphatic rings. The molecule has 74 valence electrons. The van der Waals surface area contributed by atoms with Gasteiger partial charge in [0, 0.05) is 24.1 Å². The van der Waals surface area contributed by atoms with Crippen LogP contribution in [0.15, 0.2) is 16.5 Å². The van der Waals surface area contributed by atoms with E-state index in [0.717, 1.165) is 23.2 Å². The second-order valence-corrected chi connectivity index (χ2v) is 3.61. The fourth-order valence-corrected chi connectivity index (χ4v) is 1.73. The van der Waals surface area contributed by atoms with Crippen LogP contribution in [-0.4, -0.2) is 12.0 Å². The molecule has 0 saturated carbocycles. The number of aromatic nitrogens is 1. The van der Waals surface area contributed by atoms with Crippen molar-refractivity contribution in [3.63, 3.8) is 0 Å². The molecule has 0 amide bonds. The first kappa shape index (κ1) is 9.49. The molecular formula is C10H11ClN2O. The van der Waals surface area contributed by atoms with Gasteiger partial charge in [0.25, 0.3) is 0 Å². The van der Waals surface area contributed by atoms with E-state index in [1.54, 1.807) is 0 Å². The molecule has 1 aromatic heterocycles. The van der Waals surface area contributed by atoms with E-state index in [2.05, 4.69) is 10.3 Å². The summed E-state index contributed by atoms with van der Waals surface area (Å²) in [6, 6.07) is 3.71. The summed E-state index contributed by atoms with van der Waals surface area (Å²) in [6.45, 7) is 2.56. The van der Waals surface area contributed by atoms with Gasteiger partial charge in [-0.25, -0.2) is 4.98 Å². The second-order valence-electron chi connectivity index (χ2n) is 3.18. The molecule has 4 heteroatoms. The van der Waals surface area contributed by atoms with Crippen LogP contribution >= 0.6 is 11.6 Å². The SMILES string of the molecule is CNCc1cc(Cl)cc2nc(C)oc12. The molecule has 0 bridgehead atoms. The number of aryl methyl sites for hydroxylation is 1. The van der Waals surface area contributed by atoms with Crippen molar-refractivity contribution in [1.29, 1.82) is 0 Å². The van der Waals surface area contributed by atoms with Gasteiger partial charge in [-0.1, -0.05) is 11.6 Å². The highest BCUT2D eigenvalue weighted by molar-refractivity contribution is 6.31. The third-order valence-corrected chi connectivity index (χ3v) is 2.22. The Morgan fingerprint density at radius 2 is 2.29 bits per heavy atom. The summed E-state index contributed by atoms with van der Waals surface area (Å²) in [5, 5.41) is 3.76. The molecule has 0 atom stereocenters. The zero-order chi connectivity index (χ0) is 10.1. The van der Waals surface area contributed by atoms with Gasteiger partial charge >= 0.3 is 0 Å². The lowest BCUT2D eigenvalue weighted by Crippen LogP contribution is -2.05. The predicted octanol–water partition coefficient (Wildman–Crippen LogP) is 2.51. The summed E-state index contributed by atoms with van der Waals surface area (Å²) >= 11 is 5.96. The number of oxazole rings is 1. The van der Waals surface area contributed by atoms with Crippen LogP contribution in [0, 0.1) is 6.92 Å². The fourth-order valence-electron chi connectivity index (χ4n) is 1.50. The second kappa shape index (κ2) is 3.59. The minimum Gasteiger partial charge on any atom is -0.441 e. The van der Waals surface area contributed by atoms with Crippen LogP contribution in [0.5, 0.6) is 0 Å². The summed E-state index contributed by atoms with van der Waals surface area (Å²) in [5.74, 6) is 0.666. The Bertz CT molecular complexity index is 464. The van der Waals surface area contributed by atoms with Crippen molar-refractivity contribution in [2.45, 2.75) is 13.5 Å². The quantitative estimate of drug-likeness (QED) is 0.828. The highest BCUT2D eigenvalue weighted by atomic mass is 35.5. The van der Waals surface area contributed by atoms with Crippen molar-refractivity contribution >= 4 is 22.7 Å². The van der Waals surface area contributed by atoms with E-state index in [-0.39, 0.29) is 0 Å². The van der Waals surface area contributed by atoms with Gasteiger partial charge in [0.2, 0.25) is 0 Å². The Kier molecular flexibility index (Phi) is 2.44. The largest absolute Gasteiger partial charge is 0.441 e. The van der Waals surface area contributed by atoms with Crippen molar-refractivity contribution in [3.05, 3.63) is 28.6 Å². The van der Waals surface area contributed by atoms with Gasteiger partial charge in [0.15, 0.2) is 11.5 Å². The van der Waals surface area contributed by atoms with Crippen molar-refractivity contribution < 1.29 is 4.42 Å². The maximum atomic E-state index is 5.96. The number of hydrogen-bond donors (Lipinski definition) is 1. The highest BCUT2D eigenvalue weighted by Crippen LogP contribution is 2.24. The van der Waals surface area contributed by atoms with E-state index in [4.69, 9.17) is 16.0 Å². The molecule has 0 unspecified atom stereocenters. The molecule has 1 N–H and O–H groups in total. The van der Waals surface area contributed by atoms with Crippen LogP contribution in [-0.2, 0) is 6.54 Å². The van der Waals surface area contributed by atoms with E-state index >= 15 is 0 Å². The Labute approximate surface area is 87.1 Å². The van der Waals surface area contributed by atoms with Crippen LogP contribution in [0.1, 0.15) is 11.5 Å². The molecule has 1 aromatic carbocycles. The minimum atomic E-state index is 0.666. The van der Waals surface area contributed by atoms with E-state index in [1.807, 2.05) is 26.1 Å². The molecule has 3 nitrogen and oxygen atoms in total. The molecule has 2 aromatic rings. The fraction of sp³-hybridized carbons (Fsp3) is 0.300. The number of fused-ring (bicyclic) bond motifs is 1. The average molecular weight is 211 g/mol. The molecule has 0 aliphatic carbocycles. The first-order valence-corrected chi connectivity index (χ1v) is 4.78. The Balaban J connectivity index is 2.66. The van der Waals surface area contributed by atoms with E-state index in [1.165, 1.54) is 0 Å². The van der Waals surface area contributed by atoms with Gasteiger partial charge in [0.05, 0.1) is 0 Å². The number of nitrogens with one attached hydrogen (secondary N) is 1. The predicted molar refractivity (Wildman–Crippen MR) is 56.5 cm³/mol. The van der Waals surface area contributed by atoms with Gasteiger partial charge in [-0.05, 0) is 19.2 Å². The average Bonchev–Trinajstić information content (AvgIpc) is 2.45. The number of nitrogens with zero attached hydrogens (tertiary/aromatic N) is 1. The zero-order valence-electron chi connectivity index (χ0n) is 8.10. The third kappa shape index (κ3) is 1.61. The van der Waals surface area contributed by atoms with Crippen LogP contribution < -0.4 is 5.32 Å². The van der Waals surface area contributed by atoms with Crippen molar-refractivity contribution in [3.8, 4) is 0 Å². The van der Waals surface area contributed by atoms with Gasteiger partial charge in [-0.15, -0.1) is 0 Å². The summed E-state index contributed by atoms with van der Waals surface area (Å²) in [7, 11) is 1.88. The monoisotopic (exact) mass is 210 g/mol. The molecular weight excluding hydrogens is 200 g/mol. The maximum Gasteiger partial charge on any atom is 0.192 e. The molecule has 0 fully saturated rings. The van der Waals surface area contributed by atoms with E-state index in [0.29, 0.717) is 10.9 Å². The lowest BCUT2D eigenvalue weighted by atomic mass is 10.2. The molecule has 0 radical (unpaired) electrons. The van der Waals surface area contributed by atoms with Crippen molar-refractivity contribution in [1.82, 2.24) is 10.3 Å². The van der Waals surface area contributed by atoms with Crippen LogP contribution in [0.2, 0.25) is 5.02 Å². The first-order chi connectivity index (χ1) is 6.70. The summed E-state index contributed by atoms with van der Waals surface area (Å²) in [5.41, 5.74) is 2.68. The van der Waals surface area contributed by atoms with E-state index in [9.17, 15) is 0 Å². The smallest absolute Gasteiger partial charge is 0.192 e. The minimum absolute atomic E-state index is 0.666. The first-order valence-electron chi connectivity index (χ1n) is 4.41. The third-order valence-electron chi connectivity index (χ3n) is 2.01. The van der Waals surface area contributed by atoms with Crippen LogP contribution in [0.4, 0.5) is 0 Å².